The van der Waals surface area contributed by atoms with Crippen molar-refractivity contribution in [1.29, 1.82) is 0 Å². The van der Waals surface area contributed by atoms with Gasteiger partial charge in [0, 0.05) is 15.1 Å². The normalized spacial score (nSPS) is 10.1. The van der Waals surface area contributed by atoms with E-state index in [1.54, 1.807) is 17.6 Å². The molecule has 82 valence electrons. The van der Waals surface area contributed by atoms with Gasteiger partial charge in [-0.25, -0.2) is 9.97 Å². The summed E-state index contributed by atoms with van der Waals surface area (Å²) in [5.41, 5.74) is 0.900. The van der Waals surface area contributed by atoms with Gasteiger partial charge in [-0.15, -0.1) is 11.3 Å². The molecular formula is C10H8IN3OS. The van der Waals surface area contributed by atoms with Gasteiger partial charge < -0.3 is 5.32 Å². The highest BCUT2D eigenvalue weighted by molar-refractivity contribution is 14.1. The molecule has 2 aromatic rings. The van der Waals surface area contributed by atoms with Crippen LogP contribution in [0.25, 0.3) is 0 Å². The van der Waals surface area contributed by atoms with Gasteiger partial charge in [0.1, 0.15) is 5.82 Å². The number of thiazole rings is 1. The molecule has 0 radical (unpaired) electrons. The number of aryl methyl sites for hydroxylation is 1. The summed E-state index contributed by atoms with van der Waals surface area (Å²) >= 11 is 3.50. The number of aromatic nitrogens is 2. The lowest BCUT2D eigenvalue weighted by Gasteiger charge is -2.04. The number of amides is 1. The molecule has 0 aromatic carbocycles. The van der Waals surface area contributed by atoms with E-state index < -0.39 is 0 Å². The number of nitrogens with zero attached hydrogens (tertiary/aromatic N) is 2. The highest BCUT2D eigenvalue weighted by Gasteiger charge is 2.09. The Morgan fingerprint density at radius 1 is 1.50 bits per heavy atom. The topological polar surface area (TPSA) is 54.9 Å². The van der Waals surface area contributed by atoms with Gasteiger partial charge in [0.25, 0.3) is 5.91 Å². The standard InChI is InChI=1S/C10H8IN3OS/c1-6-7(11)2-3-8(13-6)14-9(15)10-12-4-5-16-10/h2-5H,1H3,(H,13,14,15). The minimum atomic E-state index is -0.219. The molecule has 0 atom stereocenters. The van der Waals surface area contributed by atoms with Gasteiger partial charge >= 0.3 is 0 Å². The number of rotatable bonds is 2. The molecule has 0 aliphatic carbocycles. The minimum Gasteiger partial charge on any atom is -0.304 e. The van der Waals surface area contributed by atoms with E-state index >= 15 is 0 Å². The summed E-state index contributed by atoms with van der Waals surface area (Å²) in [6.45, 7) is 1.90. The summed E-state index contributed by atoms with van der Waals surface area (Å²) in [5.74, 6) is 0.334. The molecular weight excluding hydrogens is 337 g/mol. The smallest absolute Gasteiger partial charge is 0.285 e. The summed E-state index contributed by atoms with van der Waals surface area (Å²) in [6.07, 6.45) is 1.60. The molecule has 0 saturated carbocycles. The average Bonchev–Trinajstić information content (AvgIpc) is 2.77. The van der Waals surface area contributed by atoms with Crippen LogP contribution in [0.1, 0.15) is 15.5 Å². The summed E-state index contributed by atoms with van der Waals surface area (Å²) in [7, 11) is 0. The maximum atomic E-state index is 11.7. The molecule has 2 rings (SSSR count). The molecule has 0 aliphatic rings. The average molecular weight is 345 g/mol. The highest BCUT2D eigenvalue weighted by Crippen LogP contribution is 2.13. The van der Waals surface area contributed by atoms with Gasteiger partial charge in [-0.3, -0.25) is 4.79 Å². The molecule has 2 aromatic heterocycles. The number of carbonyl (C=O) groups excluding carboxylic acids is 1. The highest BCUT2D eigenvalue weighted by atomic mass is 127. The first-order chi connectivity index (χ1) is 7.66. The van der Waals surface area contributed by atoms with Crippen molar-refractivity contribution in [2.45, 2.75) is 6.92 Å². The van der Waals surface area contributed by atoms with Crippen LogP contribution in [0.3, 0.4) is 0 Å². The molecule has 0 unspecified atom stereocenters. The van der Waals surface area contributed by atoms with Crippen LogP contribution in [0.15, 0.2) is 23.7 Å². The molecule has 0 bridgehead atoms. The Morgan fingerprint density at radius 2 is 2.31 bits per heavy atom. The minimum absolute atomic E-state index is 0.219. The van der Waals surface area contributed by atoms with Crippen LogP contribution in [0.2, 0.25) is 0 Å². The third-order valence-corrected chi connectivity index (χ3v) is 3.80. The SMILES string of the molecule is Cc1nc(NC(=O)c2nccs2)ccc1I. The predicted molar refractivity (Wildman–Crippen MR) is 71.8 cm³/mol. The molecule has 0 saturated heterocycles. The van der Waals surface area contributed by atoms with E-state index in [0.29, 0.717) is 10.8 Å². The van der Waals surface area contributed by atoms with E-state index in [0.717, 1.165) is 9.26 Å². The third-order valence-electron chi connectivity index (χ3n) is 1.89. The molecule has 1 amide bonds. The second-order valence-electron chi connectivity index (χ2n) is 3.06. The number of pyridine rings is 1. The second kappa shape index (κ2) is 4.88. The maximum absolute atomic E-state index is 11.7. The fourth-order valence-corrected chi connectivity index (χ4v) is 1.95. The number of carbonyl (C=O) groups is 1. The lowest BCUT2D eigenvalue weighted by atomic mass is 10.4. The molecule has 2 heterocycles. The fraction of sp³-hybridized carbons (Fsp3) is 0.100. The Hall–Kier alpha value is -1.02. The van der Waals surface area contributed by atoms with Crippen molar-refractivity contribution in [3.63, 3.8) is 0 Å². The first kappa shape index (κ1) is 11.5. The van der Waals surface area contributed by atoms with Crippen LogP contribution in [0.5, 0.6) is 0 Å². The largest absolute Gasteiger partial charge is 0.304 e. The predicted octanol–water partition coefficient (Wildman–Crippen LogP) is 2.70. The third kappa shape index (κ3) is 2.56. The molecule has 0 aliphatic heterocycles. The van der Waals surface area contributed by atoms with E-state index in [4.69, 9.17) is 0 Å². The van der Waals surface area contributed by atoms with Crippen LogP contribution < -0.4 is 5.32 Å². The Balaban J connectivity index is 2.15. The monoisotopic (exact) mass is 345 g/mol. The van der Waals surface area contributed by atoms with Gasteiger partial charge in [0.05, 0.1) is 5.69 Å². The number of nitrogens with one attached hydrogen (secondary N) is 1. The van der Waals surface area contributed by atoms with Gasteiger partial charge in [0.2, 0.25) is 0 Å². The van der Waals surface area contributed by atoms with Gasteiger partial charge in [-0.1, -0.05) is 0 Å². The van der Waals surface area contributed by atoms with Crippen LogP contribution in [0, 0.1) is 10.5 Å². The molecule has 4 nitrogen and oxygen atoms in total. The molecule has 0 spiro atoms. The maximum Gasteiger partial charge on any atom is 0.285 e. The lowest BCUT2D eigenvalue weighted by molar-refractivity contribution is 0.102. The quantitative estimate of drug-likeness (QED) is 0.852. The number of anilines is 1. The van der Waals surface area contributed by atoms with Crippen LogP contribution >= 0.6 is 33.9 Å². The zero-order chi connectivity index (χ0) is 11.5. The van der Waals surface area contributed by atoms with Crippen molar-refractivity contribution in [2.75, 3.05) is 5.32 Å². The van der Waals surface area contributed by atoms with Crippen LogP contribution in [-0.4, -0.2) is 15.9 Å². The van der Waals surface area contributed by atoms with Crippen molar-refractivity contribution in [3.05, 3.63) is 38.0 Å². The Morgan fingerprint density at radius 3 is 2.94 bits per heavy atom. The van der Waals surface area contributed by atoms with Gasteiger partial charge in [-0.05, 0) is 41.6 Å². The summed E-state index contributed by atoms with van der Waals surface area (Å²) in [4.78, 5) is 19.9. The van der Waals surface area contributed by atoms with Crippen molar-refractivity contribution < 1.29 is 4.79 Å². The summed E-state index contributed by atoms with van der Waals surface area (Å²) in [5, 5.41) is 4.91. The Labute approximate surface area is 110 Å². The first-order valence-electron chi connectivity index (χ1n) is 4.51. The Bertz CT molecular complexity index is 513. The molecule has 0 fully saturated rings. The molecule has 16 heavy (non-hydrogen) atoms. The fourth-order valence-electron chi connectivity index (χ4n) is 1.12. The van der Waals surface area contributed by atoms with E-state index in [2.05, 4.69) is 37.9 Å². The zero-order valence-corrected chi connectivity index (χ0v) is 11.4. The van der Waals surface area contributed by atoms with Gasteiger partial charge in [-0.2, -0.15) is 0 Å². The van der Waals surface area contributed by atoms with Crippen molar-refractivity contribution in [1.82, 2.24) is 9.97 Å². The number of hydrogen-bond donors (Lipinski definition) is 1. The second-order valence-corrected chi connectivity index (χ2v) is 5.11. The van der Waals surface area contributed by atoms with E-state index in [1.165, 1.54) is 11.3 Å². The molecule has 1 N–H and O–H groups in total. The van der Waals surface area contributed by atoms with Crippen molar-refractivity contribution in [2.24, 2.45) is 0 Å². The first-order valence-corrected chi connectivity index (χ1v) is 6.46. The van der Waals surface area contributed by atoms with Crippen molar-refractivity contribution >= 4 is 45.7 Å². The number of hydrogen-bond acceptors (Lipinski definition) is 4. The van der Waals surface area contributed by atoms with Crippen molar-refractivity contribution in [3.8, 4) is 0 Å². The summed E-state index contributed by atoms with van der Waals surface area (Å²) < 4.78 is 1.07. The van der Waals surface area contributed by atoms with E-state index in [1.807, 2.05) is 13.0 Å². The van der Waals surface area contributed by atoms with Crippen LogP contribution in [-0.2, 0) is 0 Å². The number of halogens is 1. The van der Waals surface area contributed by atoms with E-state index in [-0.39, 0.29) is 5.91 Å². The van der Waals surface area contributed by atoms with E-state index in [9.17, 15) is 4.79 Å². The van der Waals surface area contributed by atoms with Crippen LogP contribution in [0.4, 0.5) is 5.82 Å². The summed E-state index contributed by atoms with van der Waals surface area (Å²) in [6, 6.07) is 3.70. The molecule has 6 heteroatoms. The Kier molecular flexibility index (Phi) is 3.49. The zero-order valence-electron chi connectivity index (χ0n) is 8.40. The lowest BCUT2D eigenvalue weighted by Crippen LogP contribution is -2.12. The van der Waals surface area contributed by atoms with Gasteiger partial charge in [0.15, 0.2) is 5.01 Å².